The van der Waals surface area contributed by atoms with Crippen molar-refractivity contribution in [3.63, 3.8) is 0 Å². The molecule has 0 bridgehead atoms. The number of nitrogens with one attached hydrogen (secondary N) is 1. The Balaban J connectivity index is 2.08. The van der Waals surface area contributed by atoms with Gasteiger partial charge in [-0.2, -0.15) is 5.10 Å². The lowest BCUT2D eigenvalue weighted by Crippen LogP contribution is -2.22. The zero-order valence-corrected chi connectivity index (χ0v) is 14.5. The highest BCUT2D eigenvalue weighted by Crippen LogP contribution is 2.13. The minimum Gasteiger partial charge on any atom is -0.273 e. The van der Waals surface area contributed by atoms with Crippen LogP contribution in [0, 0.1) is 27.7 Å². The van der Waals surface area contributed by atoms with Gasteiger partial charge in [0.05, 0.1) is 12.1 Å². The molecule has 0 spiro atoms. The first-order valence-electron chi connectivity index (χ1n) is 7.83. The molecule has 0 heterocycles. The molecule has 0 atom stereocenters. The van der Waals surface area contributed by atoms with Crippen molar-refractivity contribution in [3.8, 4) is 0 Å². The number of amides is 1. The first-order chi connectivity index (χ1) is 10.9. The lowest BCUT2D eigenvalue weighted by atomic mass is 10.0. The summed E-state index contributed by atoms with van der Waals surface area (Å²) in [5.74, 6) is -0.0941. The highest BCUT2D eigenvalue weighted by molar-refractivity contribution is 6.00. The third kappa shape index (κ3) is 4.52. The number of hydrogen-bond donors (Lipinski definition) is 1. The molecule has 2 rings (SSSR count). The zero-order valence-electron chi connectivity index (χ0n) is 14.5. The van der Waals surface area contributed by atoms with Gasteiger partial charge in [0, 0.05) is 5.56 Å². The van der Waals surface area contributed by atoms with Gasteiger partial charge in [-0.05, 0) is 57.4 Å². The van der Waals surface area contributed by atoms with Crippen LogP contribution in [-0.4, -0.2) is 11.6 Å². The fourth-order valence-electron chi connectivity index (χ4n) is 2.54. The molecule has 0 fully saturated rings. The number of nitrogens with zero attached hydrogens (tertiary/aromatic N) is 1. The molecule has 2 aromatic carbocycles. The molecule has 0 aliphatic heterocycles. The Kier molecular flexibility index (Phi) is 5.32. The molecule has 3 nitrogen and oxygen atoms in total. The normalized spacial score (nSPS) is 11.4. The van der Waals surface area contributed by atoms with E-state index < -0.39 is 0 Å². The van der Waals surface area contributed by atoms with E-state index in [0.717, 1.165) is 33.5 Å². The third-order valence-corrected chi connectivity index (χ3v) is 3.99. The Morgan fingerprint density at radius 1 is 0.957 bits per heavy atom. The zero-order chi connectivity index (χ0) is 17.0. The minimum absolute atomic E-state index is 0.0941. The summed E-state index contributed by atoms with van der Waals surface area (Å²) in [6.07, 6.45) is 0.344. The van der Waals surface area contributed by atoms with E-state index in [1.54, 1.807) is 0 Å². The number of carbonyl (C=O) groups is 1. The molecule has 0 unspecified atom stereocenters. The predicted octanol–water partition coefficient (Wildman–Crippen LogP) is 4.00. The molecule has 1 amide bonds. The van der Waals surface area contributed by atoms with Crippen LogP contribution in [0.2, 0.25) is 0 Å². The summed E-state index contributed by atoms with van der Waals surface area (Å²) in [5.41, 5.74) is 10.2. The molecule has 0 saturated heterocycles. The van der Waals surface area contributed by atoms with Gasteiger partial charge < -0.3 is 0 Å². The number of rotatable bonds is 4. The first-order valence-corrected chi connectivity index (χ1v) is 7.83. The Labute approximate surface area is 138 Å². The SMILES string of the molecule is C/C(=N/NC(=O)Cc1cc(C)ccc1C)c1cc(C)ccc1C. The fourth-order valence-corrected chi connectivity index (χ4v) is 2.54. The van der Waals surface area contributed by atoms with Crippen molar-refractivity contribution in [3.05, 3.63) is 69.8 Å². The van der Waals surface area contributed by atoms with E-state index in [-0.39, 0.29) is 5.91 Å². The van der Waals surface area contributed by atoms with E-state index >= 15 is 0 Å². The summed E-state index contributed by atoms with van der Waals surface area (Å²) in [7, 11) is 0. The van der Waals surface area contributed by atoms with Gasteiger partial charge in [0.15, 0.2) is 0 Å². The molecular formula is C20H24N2O. The Morgan fingerprint density at radius 2 is 1.57 bits per heavy atom. The van der Waals surface area contributed by atoms with Crippen LogP contribution < -0.4 is 5.43 Å². The van der Waals surface area contributed by atoms with Crippen LogP contribution in [0.25, 0.3) is 0 Å². The average molecular weight is 308 g/mol. The standard InChI is InChI=1S/C20H24N2O/c1-13-6-8-15(3)18(10-13)12-20(23)22-21-17(5)19-11-14(2)7-9-16(19)4/h6-11H,12H2,1-5H3,(H,22,23)/b21-17-. The first kappa shape index (κ1) is 16.9. The van der Waals surface area contributed by atoms with Crippen LogP contribution in [0.5, 0.6) is 0 Å². The topological polar surface area (TPSA) is 41.5 Å². The van der Waals surface area contributed by atoms with E-state index in [1.165, 1.54) is 5.56 Å². The van der Waals surface area contributed by atoms with Crippen LogP contribution in [0.1, 0.15) is 40.3 Å². The monoisotopic (exact) mass is 308 g/mol. The smallest absolute Gasteiger partial charge is 0.244 e. The van der Waals surface area contributed by atoms with Crippen LogP contribution in [0.3, 0.4) is 0 Å². The van der Waals surface area contributed by atoms with Crippen molar-refractivity contribution in [1.29, 1.82) is 0 Å². The summed E-state index contributed by atoms with van der Waals surface area (Å²) in [4.78, 5) is 12.1. The average Bonchev–Trinajstić information content (AvgIpc) is 2.51. The molecule has 0 aromatic heterocycles. The van der Waals surface area contributed by atoms with Gasteiger partial charge >= 0.3 is 0 Å². The second-order valence-electron chi connectivity index (χ2n) is 6.16. The van der Waals surface area contributed by atoms with Crippen molar-refractivity contribution in [2.24, 2.45) is 5.10 Å². The van der Waals surface area contributed by atoms with E-state index in [4.69, 9.17) is 0 Å². The molecule has 1 N–H and O–H groups in total. The summed E-state index contributed by atoms with van der Waals surface area (Å²) >= 11 is 0. The second-order valence-corrected chi connectivity index (χ2v) is 6.16. The largest absolute Gasteiger partial charge is 0.273 e. The molecule has 0 aliphatic carbocycles. The van der Waals surface area contributed by atoms with E-state index in [0.29, 0.717) is 6.42 Å². The second kappa shape index (κ2) is 7.23. The summed E-state index contributed by atoms with van der Waals surface area (Å²) in [6, 6.07) is 12.4. The van der Waals surface area contributed by atoms with Crippen LogP contribution in [0.15, 0.2) is 41.5 Å². The molecule has 3 heteroatoms. The van der Waals surface area contributed by atoms with Crippen molar-refractivity contribution >= 4 is 11.6 Å². The van der Waals surface area contributed by atoms with Gasteiger partial charge in [-0.25, -0.2) is 5.43 Å². The van der Waals surface area contributed by atoms with Gasteiger partial charge in [-0.1, -0.05) is 41.5 Å². The molecular weight excluding hydrogens is 284 g/mol. The van der Waals surface area contributed by atoms with Gasteiger partial charge in [-0.15, -0.1) is 0 Å². The maximum atomic E-state index is 12.1. The summed E-state index contributed by atoms with van der Waals surface area (Å²) in [5, 5.41) is 4.26. The number of hydrogen-bond acceptors (Lipinski definition) is 2. The highest BCUT2D eigenvalue weighted by atomic mass is 16.2. The maximum Gasteiger partial charge on any atom is 0.244 e. The number of aryl methyl sites for hydroxylation is 4. The maximum absolute atomic E-state index is 12.1. The molecule has 0 aliphatic rings. The van der Waals surface area contributed by atoms with Crippen molar-refractivity contribution in [1.82, 2.24) is 5.43 Å². The van der Waals surface area contributed by atoms with Crippen LogP contribution >= 0.6 is 0 Å². The van der Waals surface area contributed by atoms with E-state index in [1.807, 2.05) is 33.8 Å². The number of hydrazone groups is 1. The van der Waals surface area contributed by atoms with Crippen molar-refractivity contribution in [2.45, 2.75) is 41.0 Å². The van der Waals surface area contributed by atoms with Gasteiger partial charge in [0.2, 0.25) is 5.91 Å². The third-order valence-electron chi connectivity index (χ3n) is 3.99. The minimum atomic E-state index is -0.0941. The fraction of sp³-hybridized carbons (Fsp3) is 0.300. The van der Waals surface area contributed by atoms with Crippen molar-refractivity contribution < 1.29 is 4.79 Å². The number of carbonyl (C=O) groups excluding carboxylic acids is 1. The lowest BCUT2D eigenvalue weighted by Gasteiger charge is -2.08. The lowest BCUT2D eigenvalue weighted by molar-refractivity contribution is -0.120. The van der Waals surface area contributed by atoms with Crippen LogP contribution in [-0.2, 0) is 11.2 Å². The van der Waals surface area contributed by atoms with Gasteiger partial charge in [-0.3, -0.25) is 4.79 Å². The predicted molar refractivity (Wildman–Crippen MR) is 95.9 cm³/mol. The van der Waals surface area contributed by atoms with Gasteiger partial charge in [0.25, 0.3) is 0 Å². The molecule has 0 radical (unpaired) electrons. The molecule has 0 saturated carbocycles. The Morgan fingerprint density at radius 3 is 2.26 bits per heavy atom. The Bertz CT molecular complexity index is 760. The van der Waals surface area contributed by atoms with E-state index in [2.05, 4.69) is 47.8 Å². The molecule has 120 valence electrons. The van der Waals surface area contributed by atoms with Gasteiger partial charge in [0.1, 0.15) is 0 Å². The Hall–Kier alpha value is -2.42. The molecule has 23 heavy (non-hydrogen) atoms. The number of benzene rings is 2. The molecule has 2 aromatic rings. The van der Waals surface area contributed by atoms with Crippen LogP contribution in [0.4, 0.5) is 0 Å². The van der Waals surface area contributed by atoms with E-state index in [9.17, 15) is 4.79 Å². The summed E-state index contributed by atoms with van der Waals surface area (Å²) < 4.78 is 0. The van der Waals surface area contributed by atoms with Crippen molar-refractivity contribution in [2.75, 3.05) is 0 Å². The highest BCUT2D eigenvalue weighted by Gasteiger charge is 2.07. The quantitative estimate of drug-likeness (QED) is 0.673. The summed E-state index contributed by atoms with van der Waals surface area (Å²) in [6.45, 7) is 10.1.